The molecule has 168 valence electrons. The van der Waals surface area contributed by atoms with Gasteiger partial charge in [-0.15, -0.1) is 0 Å². The second-order valence-corrected chi connectivity index (χ2v) is 7.86. The molecular formula is C22H36N4O4. The van der Waals surface area contributed by atoms with Gasteiger partial charge in [-0.05, 0) is 44.9 Å². The average Bonchev–Trinajstić information content (AvgIpc) is 2.72. The molecular weight excluding hydrogens is 384 g/mol. The first kappa shape index (κ1) is 23.8. The van der Waals surface area contributed by atoms with Crippen LogP contribution < -0.4 is 20.1 Å². The van der Waals surface area contributed by atoms with Gasteiger partial charge in [0, 0.05) is 32.7 Å². The monoisotopic (exact) mass is 420 g/mol. The van der Waals surface area contributed by atoms with Crippen molar-refractivity contribution in [2.75, 3.05) is 46.4 Å². The van der Waals surface area contributed by atoms with Gasteiger partial charge in [-0.3, -0.25) is 9.69 Å². The van der Waals surface area contributed by atoms with Crippen molar-refractivity contribution >= 4 is 11.9 Å². The summed E-state index contributed by atoms with van der Waals surface area (Å²) in [6, 6.07) is 5.45. The molecule has 1 heterocycles. The quantitative estimate of drug-likeness (QED) is 0.641. The zero-order chi connectivity index (χ0) is 22.1. The average molecular weight is 421 g/mol. The Kier molecular flexibility index (Phi) is 9.23. The van der Waals surface area contributed by atoms with E-state index in [0.29, 0.717) is 50.8 Å². The van der Waals surface area contributed by atoms with Crippen LogP contribution in [0.1, 0.15) is 45.7 Å². The number of urea groups is 1. The van der Waals surface area contributed by atoms with Crippen LogP contribution in [0.4, 0.5) is 4.79 Å². The predicted octanol–water partition coefficient (Wildman–Crippen LogP) is 2.40. The lowest BCUT2D eigenvalue weighted by molar-refractivity contribution is -0.122. The summed E-state index contributed by atoms with van der Waals surface area (Å²) in [4.78, 5) is 28.4. The number of carbonyl (C=O) groups excluding carboxylic acids is 2. The van der Waals surface area contributed by atoms with Crippen molar-refractivity contribution < 1.29 is 19.1 Å². The number of hydrogen-bond donors (Lipinski definition) is 2. The largest absolute Gasteiger partial charge is 0.493 e. The maximum atomic E-state index is 12.7. The third-order valence-electron chi connectivity index (χ3n) is 4.99. The second kappa shape index (κ2) is 11.6. The minimum absolute atomic E-state index is 0.0437. The summed E-state index contributed by atoms with van der Waals surface area (Å²) < 4.78 is 11.2. The summed E-state index contributed by atoms with van der Waals surface area (Å²) in [5, 5.41) is 5.94. The summed E-state index contributed by atoms with van der Waals surface area (Å²) in [7, 11) is 1.61. The second-order valence-electron chi connectivity index (χ2n) is 7.86. The van der Waals surface area contributed by atoms with Gasteiger partial charge in [-0.2, -0.15) is 0 Å². The SMILES string of the molecule is CCCNC(=O)CN1CCN(C(=O)NC(C)c2ccc(OC(C)C)c(OC)c2)CC1. The first-order chi connectivity index (χ1) is 14.3. The Morgan fingerprint density at radius 1 is 1.10 bits per heavy atom. The van der Waals surface area contributed by atoms with Gasteiger partial charge in [-0.1, -0.05) is 13.0 Å². The van der Waals surface area contributed by atoms with Crippen molar-refractivity contribution in [1.82, 2.24) is 20.4 Å². The molecule has 2 N–H and O–H groups in total. The van der Waals surface area contributed by atoms with Crippen molar-refractivity contribution in [2.45, 2.75) is 46.3 Å². The third kappa shape index (κ3) is 7.09. The molecule has 2 rings (SSSR count). The van der Waals surface area contributed by atoms with E-state index in [0.717, 1.165) is 12.0 Å². The molecule has 1 aliphatic heterocycles. The minimum atomic E-state index is -0.169. The highest BCUT2D eigenvalue weighted by molar-refractivity contribution is 5.78. The number of hydrogen-bond acceptors (Lipinski definition) is 5. The van der Waals surface area contributed by atoms with E-state index in [9.17, 15) is 9.59 Å². The molecule has 1 fully saturated rings. The number of carbonyl (C=O) groups is 2. The number of benzene rings is 1. The van der Waals surface area contributed by atoms with E-state index >= 15 is 0 Å². The Labute approximate surface area is 179 Å². The molecule has 0 aliphatic carbocycles. The lowest BCUT2D eigenvalue weighted by Crippen LogP contribution is -2.53. The Hall–Kier alpha value is -2.48. The molecule has 1 aliphatic rings. The third-order valence-corrected chi connectivity index (χ3v) is 4.99. The van der Waals surface area contributed by atoms with Crippen LogP contribution in [0.5, 0.6) is 11.5 Å². The maximum absolute atomic E-state index is 12.7. The molecule has 0 saturated carbocycles. The van der Waals surface area contributed by atoms with E-state index in [1.165, 1.54) is 0 Å². The van der Waals surface area contributed by atoms with Crippen molar-refractivity contribution in [3.8, 4) is 11.5 Å². The van der Waals surface area contributed by atoms with Gasteiger partial charge in [0.1, 0.15) is 0 Å². The smallest absolute Gasteiger partial charge is 0.317 e. The van der Waals surface area contributed by atoms with Crippen molar-refractivity contribution in [1.29, 1.82) is 0 Å². The lowest BCUT2D eigenvalue weighted by Gasteiger charge is -2.35. The summed E-state index contributed by atoms with van der Waals surface area (Å²) in [5.41, 5.74) is 0.947. The number of nitrogens with zero attached hydrogens (tertiary/aromatic N) is 2. The van der Waals surface area contributed by atoms with Crippen LogP contribution in [0.15, 0.2) is 18.2 Å². The van der Waals surface area contributed by atoms with Crippen LogP contribution in [-0.2, 0) is 4.79 Å². The highest BCUT2D eigenvalue weighted by Gasteiger charge is 2.23. The Balaban J connectivity index is 1.85. The molecule has 1 atom stereocenters. The highest BCUT2D eigenvalue weighted by atomic mass is 16.5. The summed E-state index contributed by atoms with van der Waals surface area (Å²) in [5.74, 6) is 1.38. The van der Waals surface area contributed by atoms with Gasteiger partial charge in [0.15, 0.2) is 11.5 Å². The lowest BCUT2D eigenvalue weighted by atomic mass is 10.1. The molecule has 0 aromatic heterocycles. The fraction of sp³-hybridized carbons (Fsp3) is 0.636. The zero-order valence-corrected chi connectivity index (χ0v) is 18.9. The molecule has 8 nitrogen and oxygen atoms in total. The molecule has 1 aromatic rings. The number of nitrogens with one attached hydrogen (secondary N) is 2. The fourth-order valence-electron chi connectivity index (χ4n) is 3.30. The number of rotatable bonds is 9. The van der Waals surface area contributed by atoms with Crippen LogP contribution >= 0.6 is 0 Å². The molecule has 30 heavy (non-hydrogen) atoms. The highest BCUT2D eigenvalue weighted by Crippen LogP contribution is 2.31. The number of methoxy groups -OCH3 is 1. The van der Waals surface area contributed by atoms with Crippen LogP contribution in [-0.4, -0.2) is 74.2 Å². The Bertz CT molecular complexity index is 702. The van der Waals surface area contributed by atoms with E-state index in [2.05, 4.69) is 15.5 Å². The summed E-state index contributed by atoms with van der Waals surface area (Å²) in [6.07, 6.45) is 0.982. The fourth-order valence-corrected chi connectivity index (χ4v) is 3.30. The Morgan fingerprint density at radius 3 is 2.40 bits per heavy atom. The molecule has 0 spiro atoms. The molecule has 8 heteroatoms. The van der Waals surface area contributed by atoms with Gasteiger partial charge >= 0.3 is 6.03 Å². The number of amides is 3. The van der Waals surface area contributed by atoms with E-state index in [1.54, 1.807) is 12.0 Å². The first-order valence-electron chi connectivity index (χ1n) is 10.7. The molecule has 1 saturated heterocycles. The van der Waals surface area contributed by atoms with Crippen LogP contribution in [0.3, 0.4) is 0 Å². The maximum Gasteiger partial charge on any atom is 0.317 e. The van der Waals surface area contributed by atoms with Crippen LogP contribution in [0.25, 0.3) is 0 Å². The van der Waals surface area contributed by atoms with E-state index in [4.69, 9.17) is 9.47 Å². The molecule has 1 aromatic carbocycles. The normalized spacial score (nSPS) is 15.6. The van der Waals surface area contributed by atoms with Gasteiger partial charge in [0.05, 0.1) is 25.8 Å². The molecule has 1 unspecified atom stereocenters. The molecule has 0 radical (unpaired) electrons. The zero-order valence-electron chi connectivity index (χ0n) is 18.9. The van der Waals surface area contributed by atoms with Crippen molar-refractivity contribution in [3.05, 3.63) is 23.8 Å². The molecule has 3 amide bonds. The van der Waals surface area contributed by atoms with Gasteiger partial charge in [0.2, 0.25) is 5.91 Å². The standard InChI is InChI=1S/C22H36N4O4/c1-6-9-23-21(27)15-25-10-12-26(13-11-25)22(28)24-17(4)18-7-8-19(30-16(2)3)20(14-18)29-5/h7-8,14,16-17H,6,9-13,15H2,1-5H3,(H,23,27)(H,24,28). The summed E-state index contributed by atoms with van der Waals surface area (Å²) >= 11 is 0. The predicted molar refractivity (Wildman–Crippen MR) is 117 cm³/mol. The van der Waals surface area contributed by atoms with E-state index in [1.807, 2.05) is 45.9 Å². The van der Waals surface area contributed by atoms with E-state index < -0.39 is 0 Å². The van der Waals surface area contributed by atoms with Gasteiger partial charge < -0.3 is 25.0 Å². The number of ether oxygens (including phenoxy) is 2. The topological polar surface area (TPSA) is 83.1 Å². The van der Waals surface area contributed by atoms with Crippen molar-refractivity contribution in [2.24, 2.45) is 0 Å². The first-order valence-corrected chi connectivity index (χ1v) is 10.7. The number of piperazine rings is 1. The Morgan fingerprint density at radius 2 is 1.80 bits per heavy atom. The van der Waals surface area contributed by atoms with Gasteiger partial charge in [0.25, 0.3) is 0 Å². The van der Waals surface area contributed by atoms with Crippen LogP contribution in [0.2, 0.25) is 0 Å². The van der Waals surface area contributed by atoms with E-state index in [-0.39, 0.29) is 24.1 Å². The van der Waals surface area contributed by atoms with Gasteiger partial charge in [-0.25, -0.2) is 4.79 Å². The van der Waals surface area contributed by atoms with Crippen LogP contribution in [0, 0.1) is 0 Å². The molecule has 0 bridgehead atoms. The van der Waals surface area contributed by atoms with Crippen molar-refractivity contribution in [3.63, 3.8) is 0 Å². The summed E-state index contributed by atoms with van der Waals surface area (Å²) in [6.45, 7) is 11.6. The minimum Gasteiger partial charge on any atom is -0.493 e.